The number of aromatic amines is 1. The summed E-state index contributed by atoms with van der Waals surface area (Å²) in [5.41, 5.74) is 2.98. The number of nitrogens with one attached hydrogen (secondary N) is 1. The molecular formula is C12H8ClN3. The predicted octanol–water partition coefficient (Wildman–Crippen LogP) is 3.28. The van der Waals surface area contributed by atoms with Crippen LogP contribution in [0.25, 0.3) is 22.2 Å². The van der Waals surface area contributed by atoms with Gasteiger partial charge in [0.05, 0.1) is 5.69 Å². The Hall–Kier alpha value is -1.87. The molecule has 0 atom stereocenters. The second-order valence-electron chi connectivity index (χ2n) is 3.52. The van der Waals surface area contributed by atoms with Gasteiger partial charge in [-0.15, -0.1) is 10.2 Å². The van der Waals surface area contributed by atoms with Crippen LogP contribution >= 0.6 is 11.6 Å². The highest BCUT2D eigenvalue weighted by molar-refractivity contribution is 6.29. The van der Waals surface area contributed by atoms with Gasteiger partial charge < -0.3 is 4.98 Å². The van der Waals surface area contributed by atoms with Crippen LogP contribution < -0.4 is 0 Å². The summed E-state index contributed by atoms with van der Waals surface area (Å²) in [5.74, 6) is 0. The lowest BCUT2D eigenvalue weighted by atomic mass is 10.1. The number of fused-ring (bicyclic) bond motifs is 1. The molecule has 1 N–H and O–H groups in total. The zero-order valence-electron chi connectivity index (χ0n) is 8.31. The summed E-state index contributed by atoms with van der Waals surface area (Å²) in [6.07, 6.45) is 1.92. The first-order valence-electron chi connectivity index (χ1n) is 4.90. The number of rotatable bonds is 1. The van der Waals surface area contributed by atoms with Crippen molar-refractivity contribution < 1.29 is 0 Å². The van der Waals surface area contributed by atoms with Crippen molar-refractivity contribution in [1.82, 2.24) is 15.2 Å². The SMILES string of the molecule is Clc1ccc(-c2ccc3[nH]ccc3c2)nn1. The molecule has 0 unspecified atom stereocenters. The Morgan fingerprint density at radius 3 is 2.75 bits per heavy atom. The minimum absolute atomic E-state index is 0.409. The van der Waals surface area contributed by atoms with Gasteiger partial charge in [0.2, 0.25) is 0 Å². The Labute approximate surface area is 97.1 Å². The van der Waals surface area contributed by atoms with E-state index in [9.17, 15) is 0 Å². The molecule has 3 rings (SSSR count). The van der Waals surface area contributed by atoms with Gasteiger partial charge in [-0.2, -0.15) is 0 Å². The summed E-state index contributed by atoms with van der Waals surface area (Å²) in [5, 5.41) is 9.45. The molecule has 3 nitrogen and oxygen atoms in total. The lowest BCUT2D eigenvalue weighted by molar-refractivity contribution is 1.04. The lowest BCUT2D eigenvalue weighted by Gasteiger charge is -1.99. The van der Waals surface area contributed by atoms with E-state index in [0.717, 1.165) is 22.2 Å². The van der Waals surface area contributed by atoms with Crippen LogP contribution in [0.2, 0.25) is 5.15 Å². The van der Waals surface area contributed by atoms with Crippen molar-refractivity contribution in [3.8, 4) is 11.3 Å². The molecule has 0 aliphatic rings. The molecular weight excluding hydrogens is 222 g/mol. The van der Waals surface area contributed by atoms with Gasteiger partial charge >= 0.3 is 0 Å². The van der Waals surface area contributed by atoms with Crippen molar-refractivity contribution in [2.24, 2.45) is 0 Å². The molecule has 0 bridgehead atoms. The molecule has 78 valence electrons. The molecule has 2 aromatic heterocycles. The van der Waals surface area contributed by atoms with Crippen LogP contribution in [-0.2, 0) is 0 Å². The van der Waals surface area contributed by atoms with E-state index >= 15 is 0 Å². The third-order valence-corrected chi connectivity index (χ3v) is 2.68. The standard InChI is InChI=1S/C12H8ClN3/c13-12-4-3-11(15-16-12)8-1-2-10-9(7-8)5-6-14-10/h1-7,14H. The molecule has 1 aromatic carbocycles. The summed E-state index contributed by atoms with van der Waals surface area (Å²) in [6.45, 7) is 0. The predicted molar refractivity (Wildman–Crippen MR) is 64.3 cm³/mol. The van der Waals surface area contributed by atoms with E-state index in [2.05, 4.69) is 21.2 Å². The Balaban J connectivity index is 2.14. The van der Waals surface area contributed by atoms with Crippen molar-refractivity contribution >= 4 is 22.5 Å². The summed E-state index contributed by atoms with van der Waals surface area (Å²) < 4.78 is 0. The third-order valence-electron chi connectivity index (χ3n) is 2.48. The maximum atomic E-state index is 5.70. The minimum Gasteiger partial charge on any atom is -0.361 e. The summed E-state index contributed by atoms with van der Waals surface area (Å²) in [4.78, 5) is 3.15. The number of hydrogen-bond donors (Lipinski definition) is 1. The molecule has 0 aliphatic carbocycles. The maximum Gasteiger partial charge on any atom is 0.151 e. The second kappa shape index (κ2) is 3.61. The highest BCUT2D eigenvalue weighted by Gasteiger charge is 2.02. The first-order chi connectivity index (χ1) is 7.83. The van der Waals surface area contributed by atoms with Crippen LogP contribution in [0.3, 0.4) is 0 Å². The monoisotopic (exact) mass is 229 g/mol. The highest BCUT2D eigenvalue weighted by atomic mass is 35.5. The number of H-pyrrole nitrogens is 1. The summed E-state index contributed by atoms with van der Waals surface area (Å²) in [6, 6.07) is 11.7. The second-order valence-corrected chi connectivity index (χ2v) is 3.91. The maximum absolute atomic E-state index is 5.70. The minimum atomic E-state index is 0.409. The lowest BCUT2D eigenvalue weighted by Crippen LogP contribution is -1.86. The average Bonchev–Trinajstić information content (AvgIpc) is 2.77. The smallest absolute Gasteiger partial charge is 0.151 e. The van der Waals surface area contributed by atoms with Crippen LogP contribution in [0.4, 0.5) is 0 Å². The molecule has 0 saturated carbocycles. The normalized spacial score (nSPS) is 10.8. The Morgan fingerprint density at radius 1 is 1.00 bits per heavy atom. The van der Waals surface area contributed by atoms with E-state index < -0.39 is 0 Å². The molecule has 2 heterocycles. The van der Waals surface area contributed by atoms with E-state index in [1.54, 1.807) is 6.07 Å². The van der Waals surface area contributed by atoms with Gasteiger partial charge in [0.25, 0.3) is 0 Å². The van der Waals surface area contributed by atoms with Gasteiger partial charge in [-0.25, -0.2) is 0 Å². The van der Waals surface area contributed by atoms with Crippen LogP contribution in [0, 0.1) is 0 Å². The van der Waals surface area contributed by atoms with Gasteiger partial charge in [-0.3, -0.25) is 0 Å². The zero-order chi connectivity index (χ0) is 11.0. The van der Waals surface area contributed by atoms with Crippen molar-refractivity contribution in [3.05, 3.63) is 47.7 Å². The molecule has 16 heavy (non-hydrogen) atoms. The first kappa shape index (κ1) is 9.36. The van der Waals surface area contributed by atoms with Crippen LogP contribution in [0.15, 0.2) is 42.6 Å². The number of halogens is 1. The van der Waals surface area contributed by atoms with Crippen LogP contribution in [-0.4, -0.2) is 15.2 Å². The van der Waals surface area contributed by atoms with Crippen LogP contribution in [0.1, 0.15) is 0 Å². The van der Waals surface area contributed by atoms with E-state index in [0.29, 0.717) is 5.15 Å². The van der Waals surface area contributed by atoms with E-state index in [4.69, 9.17) is 11.6 Å². The largest absolute Gasteiger partial charge is 0.361 e. The van der Waals surface area contributed by atoms with Gasteiger partial charge in [0.1, 0.15) is 0 Å². The van der Waals surface area contributed by atoms with Gasteiger partial charge in [-0.1, -0.05) is 17.7 Å². The fraction of sp³-hybridized carbons (Fsp3) is 0. The number of benzene rings is 1. The molecule has 0 amide bonds. The van der Waals surface area contributed by atoms with E-state index in [1.807, 2.05) is 30.5 Å². The van der Waals surface area contributed by atoms with Gasteiger partial charge in [-0.05, 0) is 30.3 Å². The molecule has 3 aromatic rings. The van der Waals surface area contributed by atoms with E-state index in [-0.39, 0.29) is 0 Å². The Morgan fingerprint density at radius 2 is 1.94 bits per heavy atom. The Bertz CT molecular complexity index is 628. The Kier molecular flexibility index (Phi) is 2.11. The van der Waals surface area contributed by atoms with E-state index in [1.165, 1.54) is 0 Å². The number of nitrogens with zero attached hydrogens (tertiary/aromatic N) is 2. The quantitative estimate of drug-likeness (QED) is 0.696. The molecule has 0 spiro atoms. The highest BCUT2D eigenvalue weighted by Crippen LogP contribution is 2.22. The molecule has 4 heteroatoms. The van der Waals surface area contributed by atoms with Crippen molar-refractivity contribution in [1.29, 1.82) is 0 Å². The topological polar surface area (TPSA) is 41.6 Å². The molecule has 0 saturated heterocycles. The molecule has 0 fully saturated rings. The third kappa shape index (κ3) is 1.55. The summed E-state index contributed by atoms with van der Waals surface area (Å²) >= 11 is 5.70. The van der Waals surface area contributed by atoms with Crippen LogP contribution in [0.5, 0.6) is 0 Å². The number of hydrogen-bond acceptors (Lipinski definition) is 2. The summed E-state index contributed by atoms with van der Waals surface area (Å²) in [7, 11) is 0. The van der Waals surface area contributed by atoms with Crippen molar-refractivity contribution in [2.75, 3.05) is 0 Å². The average molecular weight is 230 g/mol. The molecule has 0 radical (unpaired) electrons. The molecule has 0 aliphatic heterocycles. The fourth-order valence-corrected chi connectivity index (χ4v) is 1.78. The van der Waals surface area contributed by atoms with Gasteiger partial charge in [0.15, 0.2) is 5.15 Å². The van der Waals surface area contributed by atoms with Crippen molar-refractivity contribution in [3.63, 3.8) is 0 Å². The fourth-order valence-electron chi connectivity index (χ4n) is 1.68. The number of aromatic nitrogens is 3. The zero-order valence-corrected chi connectivity index (χ0v) is 9.07. The van der Waals surface area contributed by atoms with Crippen molar-refractivity contribution in [2.45, 2.75) is 0 Å². The first-order valence-corrected chi connectivity index (χ1v) is 5.27. The van der Waals surface area contributed by atoms with Gasteiger partial charge in [0, 0.05) is 22.7 Å².